The third kappa shape index (κ3) is 1.86. The molecule has 6 rings (SSSR count). The zero-order valence-corrected chi connectivity index (χ0v) is 14.2. The minimum atomic E-state index is -0.125. The Bertz CT molecular complexity index is 754. The highest BCUT2D eigenvalue weighted by Crippen LogP contribution is 2.65. The predicted octanol–water partition coefficient (Wildman–Crippen LogP) is 3.07. The van der Waals surface area contributed by atoms with Gasteiger partial charge in [-0.25, -0.2) is 0 Å². The number of amides is 2. The van der Waals surface area contributed by atoms with Gasteiger partial charge >= 0.3 is 0 Å². The van der Waals surface area contributed by atoms with Crippen LogP contribution in [0, 0.1) is 42.4 Å². The van der Waals surface area contributed by atoms with E-state index in [0.717, 1.165) is 11.3 Å². The Kier molecular flexibility index (Phi) is 2.94. The molecular formula is C19H19ClN2O2. The van der Waals surface area contributed by atoms with Crippen molar-refractivity contribution in [2.75, 3.05) is 12.0 Å². The summed E-state index contributed by atoms with van der Waals surface area (Å²) in [6.45, 7) is 2.16. The molecule has 1 aliphatic heterocycles. The molecule has 2 amide bonds. The number of anilines is 1. The number of likely N-dealkylation sites (tertiary alicyclic amines) is 1. The summed E-state index contributed by atoms with van der Waals surface area (Å²) in [5, 5.41) is 3.85. The molecule has 4 aliphatic carbocycles. The molecule has 1 N–H and O–H groups in total. The highest BCUT2D eigenvalue weighted by atomic mass is 35.5. The predicted molar refractivity (Wildman–Crippen MR) is 91.2 cm³/mol. The summed E-state index contributed by atoms with van der Waals surface area (Å²) < 4.78 is 0. The summed E-state index contributed by atoms with van der Waals surface area (Å²) >= 11 is 6.14. The summed E-state index contributed by atoms with van der Waals surface area (Å²) in [5.41, 5.74) is 1.83. The van der Waals surface area contributed by atoms with Gasteiger partial charge < -0.3 is 5.32 Å². The van der Waals surface area contributed by atoms with Crippen LogP contribution >= 0.6 is 11.6 Å². The van der Waals surface area contributed by atoms with Crippen molar-refractivity contribution >= 4 is 29.1 Å². The molecule has 2 bridgehead atoms. The molecule has 6 atom stereocenters. The average molecular weight is 343 g/mol. The van der Waals surface area contributed by atoms with Crippen molar-refractivity contribution in [1.29, 1.82) is 0 Å². The minimum absolute atomic E-state index is 0.000378. The third-order valence-corrected chi connectivity index (χ3v) is 6.77. The molecule has 1 heterocycles. The maximum Gasteiger partial charge on any atom is 0.235 e. The van der Waals surface area contributed by atoms with Gasteiger partial charge in [-0.3, -0.25) is 14.5 Å². The fourth-order valence-corrected chi connectivity index (χ4v) is 5.23. The zero-order valence-electron chi connectivity index (χ0n) is 13.4. The molecule has 5 heteroatoms. The van der Waals surface area contributed by atoms with Crippen molar-refractivity contribution in [2.24, 2.45) is 35.5 Å². The molecule has 5 aliphatic rings. The van der Waals surface area contributed by atoms with Gasteiger partial charge in [0.1, 0.15) is 0 Å². The SMILES string of the molecule is Cc1ccc(NCN2C(=O)[C@@H]3[C@H]4C=C[C@@H]([C@@H]5C[C@@H]45)[C@@H]3C2=O)cc1Cl. The Hall–Kier alpha value is -1.81. The van der Waals surface area contributed by atoms with Crippen molar-refractivity contribution in [2.45, 2.75) is 13.3 Å². The number of hydrogen-bond acceptors (Lipinski definition) is 3. The molecule has 0 spiro atoms. The number of nitrogens with zero attached hydrogens (tertiary/aromatic N) is 1. The van der Waals surface area contributed by atoms with Crippen LogP contribution in [-0.2, 0) is 9.59 Å². The number of rotatable bonds is 3. The topological polar surface area (TPSA) is 49.4 Å². The van der Waals surface area contributed by atoms with Crippen molar-refractivity contribution in [3.05, 3.63) is 40.9 Å². The zero-order chi connectivity index (χ0) is 16.6. The number of nitrogens with one attached hydrogen (secondary N) is 1. The quantitative estimate of drug-likeness (QED) is 0.678. The minimum Gasteiger partial charge on any atom is -0.367 e. The van der Waals surface area contributed by atoms with Gasteiger partial charge in [0.2, 0.25) is 11.8 Å². The van der Waals surface area contributed by atoms with Gasteiger partial charge in [0.05, 0.1) is 18.5 Å². The molecule has 1 aromatic carbocycles. The number of benzene rings is 1. The van der Waals surface area contributed by atoms with Crippen LogP contribution in [0.4, 0.5) is 5.69 Å². The summed E-state index contributed by atoms with van der Waals surface area (Å²) in [4.78, 5) is 27.1. The number of imide groups is 1. The molecule has 4 nitrogen and oxygen atoms in total. The first-order valence-electron chi connectivity index (χ1n) is 8.60. The Morgan fingerprint density at radius 3 is 2.33 bits per heavy atom. The van der Waals surface area contributed by atoms with Gasteiger partial charge in [-0.15, -0.1) is 0 Å². The standard InChI is InChI=1S/C19H19ClN2O2/c1-9-2-3-10(6-15(9)20)21-8-22-18(23)16-11-4-5-12(14-7-13(11)14)17(16)19(22)24/h2-6,11-14,16-17,21H,7-8H2,1H3/t11-,12-,13-,14-,16-,17+/m0/s1. The van der Waals surface area contributed by atoms with Crippen LogP contribution in [0.1, 0.15) is 12.0 Å². The lowest BCUT2D eigenvalue weighted by atomic mass is 9.63. The molecule has 24 heavy (non-hydrogen) atoms. The van der Waals surface area contributed by atoms with Crippen molar-refractivity contribution in [1.82, 2.24) is 4.90 Å². The van der Waals surface area contributed by atoms with Gasteiger partial charge in [0.15, 0.2) is 0 Å². The first-order valence-corrected chi connectivity index (χ1v) is 8.97. The number of allylic oxidation sites excluding steroid dienone is 2. The van der Waals surface area contributed by atoms with Crippen LogP contribution in [0.2, 0.25) is 5.02 Å². The number of carbonyl (C=O) groups excluding carboxylic acids is 2. The summed E-state index contributed by atoms with van der Waals surface area (Å²) in [6.07, 6.45) is 5.58. The van der Waals surface area contributed by atoms with Crippen molar-refractivity contribution < 1.29 is 9.59 Å². The summed E-state index contributed by atoms with van der Waals surface area (Å²) in [5.74, 6) is 1.59. The van der Waals surface area contributed by atoms with Crippen molar-refractivity contribution in [3.8, 4) is 0 Å². The fraction of sp³-hybridized carbons (Fsp3) is 0.474. The molecule has 3 fully saturated rings. The van der Waals surface area contributed by atoms with Crippen LogP contribution < -0.4 is 5.32 Å². The van der Waals surface area contributed by atoms with Crippen LogP contribution in [0.5, 0.6) is 0 Å². The first kappa shape index (κ1) is 14.5. The van der Waals surface area contributed by atoms with Crippen LogP contribution in [-0.4, -0.2) is 23.4 Å². The summed E-state index contributed by atoms with van der Waals surface area (Å²) in [7, 11) is 0. The molecule has 1 aromatic rings. The van der Waals surface area contributed by atoms with E-state index in [1.165, 1.54) is 11.3 Å². The molecule has 0 aromatic heterocycles. The fourth-order valence-electron chi connectivity index (χ4n) is 5.05. The first-order chi connectivity index (χ1) is 11.6. The van der Waals surface area contributed by atoms with Crippen LogP contribution in [0.3, 0.4) is 0 Å². The van der Waals surface area contributed by atoms with E-state index in [2.05, 4.69) is 17.5 Å². The Labute approximate surface area is 145 Å². The summed E-state index contributed by atoms with van der Waals surface area (Å²) in [6, 6.07) is 5.67. The van der Waals surface area contributed by atoms with Crippen molar-refractivity contribution in [3.63, 3.8) is 0 Å². The van der Waals surface area contributed by atoms with E-state index in [4.69, 9.17) is 11.6 Å². The Morgan fingerprint density at radius 2 is 1.75 bits per heavy atom. The second-order valence-corrected chi connectivity index (χ2v) is 7.97. The maximum absolute atomic E-state index is 12.9. The maximum atomic E-state index is 12.9. The Morgan fingerprint density at radius 1 is 1.12 bits per heavy atom. The molecule has 0 unspecified atom stereocenters. The van der Waals surface area contributed by atoms with Crippen LogP contribution in [0.25, 0.3) is 0 Å². The van der Waals surface area contributed by atoms with E-state index >= 15 is 0 Å². The lowest BCUT2D eigenvalue weighted by Crippen LogP contribution is -2.40. The number of aryl methyl sites for hydroxylation is 1. The molecule has 124 valence electrons. The van der Waals surface area contributed by atoms with E-state index in [0.29, 0.717) is 16.9 Å². The highest BCUT2D eigenvalue weighted by molar-refractivity contribution is 6.31. The monoisotopic (exact) mass is 342 g/mol. The van der Waals surface area contributed by atoms with Gasteiger partial charge in [0.25, 0.3) is 0 Å². The van der Waals surface area contributed by atoms with E-state index in [9.17, 15) is 9.59 Å². The average Bonchev–Trinajstić information content (AvgIpc) is 3.35. The van der Waals surface area contributed by atoms with Gasteiger partial charge in [-0.05, 0) is 54.7 Å². The third-order valence-electron chi connectivity index (χ3n) is 6.37. The van der Waals surface area contributed by atoms with E-state index in [-0.39, 0.29) is 42.2 Å². The second kappa shape index (κ2) is 4.85. The molecular weight excluding hydrogens is 324 g/mol. The van der Waals surface area contributed by atoms with E-state index < -0.39 is 0 Å². The molecule has 2 saturated carbocycles. The lowest BCUT2D eigenvalue weighted by Gasteiger charge is -2.37. The van der Waals surface area contributed by atoms with Gasteiger partial charge in [-0.2, -0.15) is 0 Å². The molecule has 0 radical (unpaired) electrons. The largest absolute Gasteiger partial charge is 0.367 e. The number of halogens is 1. The highest BCUT2D eigenvalue weighted by Gasteiger charge is 2.66. The Balaban J connectivity index is 1.36. The lowest BCUT2D eigenvalue weighted by molar-refractivity contribution is -0.139. The number of carbonyl (C=O) groups is 2. The van der Waals surface area contributed by atoms with Gasteiger partial charge in [-0.1, -0.05) is 29.8 Å². The number of hydrogen-bond donors (Lipinski definition) is 1. The normalized spacial score (nSPS) is 38.3. The van der Waals surface area contributed by atoms with E-state index in [1.807, 2.05) is 25.1 Å². The smallest absolute Gasteiger partial charge is 0.235 e. The second-order valence-electron chi connectivity index (χ2n) is 7.56. The molecule has 1 saturated heterocycles. The van der Waals surface area contributed by atoms with Crippen LogP contribution in [0.15, 0.2) is 30.4 Å². The van der Waals surface area contributed by atoms with E-state index in [1.54, 1.807) is 0 Å². The van der Waals surface area contributed by atoms with Gasteiger partial charge in [0, 0.05) is 10.7 Å².